The molecule has 4 atom stereocenters. The van der Waals surface area contributed by atoms with Crippen LogP contribution in [0.25, 0.3) is 0 Å². The van der Waals surface area contributed by atoms with Crippen molar-refractivity contribution in [3.63, 3.8) is 0 Å². The van der Waals surface area contributed by atoms with Crippen LogP contribution in [0.1, 0.15) is 37.6 Å². The summed E-state index contributed by atoms with van der Waals surface area (Å²) in [6, 6.07) is 6.42. The molecule has 2 aliphatic rings. The number of nitrogens with zero attached hydrogens (tertiary/aromatic N) is 1. The average molecular weight is 358 g/mol. The molecular formula is C19H26N4O3. The Kier molecular flexibility index (Phi) is 4.75. The fourth-order valence-electron chi connectivity index (χ4n) is 3.67. The van der Waals surface area contributed by atoms with Crippen LogP contribution in [0.5, 0.6) is 0 Å². The SMILES string of the molecule is CC(C)(C)CC1NC(=O)C2C(N)C(NC(=O)c3ccccc3)CN2C1=O. The normalized spacial score (nSPS) is 28.5. The molecule has 1 aromatic rings. The Morgan fingerprint density at radius 2 is 1.92 bits per heavy atom. The number of amides is 3. The first-order chi connectivity index (χ1) is 12.2. The number of piperazine rings is 1. The van der Waals surface area contributed by atoms with E-state index < -0.39 is 24.2 Å². The number of benzene rings is 1. The summed E-state index contributed by atoms with van der Waals surface area (Å²) < 4.78 is 0. The zero-order valence-corrected chi connectivity index (χ0v) is 15.4. The van der Waals surface area contributed by atoms with Crippen molar-refractivity contribution in [1.29, 1.82) is 0 Å². The highest BCUT2D eigenvalue weighted by molar-refractivity contribution is 5.99. The smallest absolute Gasteiger partial charge is 0.251 e. The summed E-state index contributed by atoms with van der Waals surface area (Å²) in [5.74, 6) is -0.635. The third-order valence-corrected chi connectivity index (χ3v) is 4.89. The second-order valence-corrected chi connectivity index (χ2v) is 8.28. The predicted octanol–water partition coefficient (Wildman–Crippen LogP) is 0.258. The maximum absolute atomic E-state index is 12.8. The number of rotatable bonds is 3. The third kappa shape index (κ3) is 3.58. The van der Waals surface area contributed by atoms with Gasteiger partial charge in [-0.2, -0.15) is 0 Å². The summed E-state index contributed by atoms with van der Waals surface area (Å²) in [5.41, 5.74) is 6.64. The minimum Gasteiger partial charge on any atom is -0.346 e. The van der Waals surface area contributed by atoms with Crippen molar-refractivity contribution in [3.8, 4) is 0 Å². The Bertz CT molecular complexity index is 713. The standard InChI is InChI=1S/C19H26N4O3/c1-19(2,3)9-12-18(26)23-10-13(14(20)15(23)17(25)21-12)22-16(24)11-7-5-4-6-8-11/h4-8,12-15H,9-10,20H2,1-3H3,(H,21,25)(H,22,24). The monoisotopic (exact) mass is 358 g/mol. The van der Waals surface area contributed by atoms with Crippen molar-refractivity contribution in [2.75, 3.05) is 6.54 Å². The minimum atomic E-state index is -0.736. The Morgan fingerprint density at radius 3 is 2.54 bits per heavy atom. The lowest BCUT2D eigenvalue weighted by molar-refractivity contribution is -0.148. The lowest BCUT2D eigenvalue weighted by Crippen LogP contribution is -2.65. The summed E-state index contributed by atoms with van der Waals surface area (Å²) >= 11 is 0. The van der Waals surface area contributed by atoms with Crippen LogP contribution in [0.4, 0.5) is 0 Å². The maximum atomic E-state index is 12.8. The molecule has 2 heterocycles. The Labute approximate surface area is 153 Å². The van der Waals surface area contributed by atoms with Crippen molar-refractivity contribution in [2.45, 2.75) is 51.4 Å². The molecule has 0 radical (unpaired) electrons. The summed E-state index contributed by atoms with van der Waals surface area (Å²) in [5, 5.41) is 5.67. The first-order valence-corrected chi connectivity index (χ1v) is 8.90. The molecule has 140 valence electrons. The van der Waals surface area contributed by atoms with Crippen LogP contribution in [0, 0.1) is 5.41 Å². The number of nitrogens with one attached hydrogen (secondary N) is 2. The van der Waals surface area contributed by atoms with Crippen LogP contribution in [0.15, 0.2) is 30.3 Å². The Balaban J connectivity index is 1.73. The van der Waals surface area contributed by atoms with Gasteiger partial charge in [0.1, 0.15) is 12.1 Å². The van der Waals surface area contributed by atoms with Crippen molar-refractivity contribution < 1.29 is 14.4 Å². The van der Waals surface area contributed by atoms with E-state index in [1.54, 1.807) is 24.3 Å². The van der Waals surface area contributed by atoms with E-state index >= 15 is 0 Å². The van der Waals surface area contributed by atoms with E-state index in [0.29, 0.717) is 12.0 Å². The number of fused-ring (bicyclic) bond motifs is 1. The lowest BCUT2D eigenvalue weighted by Gasteiger charge is -2.37. The Hall–Kier alpha value is -2.41. The van der Waals surface area contributed by atoms with Crippen LogP contribution in [0.3, 0.4) is 0 Å². The number of carbonyl (C=O) groups is 3. The van der Waals surface area contributed by atoms with Gasteiger partial charge in [-0.3, -0.25) is 14.4 Å². The molecule has 0 aliphatic carbocycles. The second-order valence-electron chi connectivity index (χ2n) is 8.28. The van der Waals surface area contributed by atoms with Crippen molar-refractivity contribution in [2.24, 2.45) is 11.1 Å². The number of nitrogens with two attached hydrogens (primary N) is 1. The Morgan fingerprint density at radius 1 is 1.27 bits per heavy atom. The quantitative estimate of drug-likeness (QED) is 0.721. The average Bonchev–Trinajstić information content (AvgIpc) is 2.89. The molecule has 2 saturated heterocycles. The van der Waals surface area contributed by atoms with Crippen molar-refractivity contribution >= 4 is 17.7 Å². The van der Waals surface area contributed by atoms with E-state index in [0.717, 1.165) is 0 Å². The molecule has 2 fully saturated rings. The van der Waals surface area contributed by atoms with Gasteiger partial charge in [0.05, 0.1) is 12.1 Å². The number of hydrogen-bond acceptors (Lipinski definition) is 4. The van der Waals surface area contributed by atoms with E-state index in [-0.39, 0.29) is 29.7 Å². The van der Waals surface area contributed by atoms with Crippen LogP contribution in [0.2, 0.25) is 0 Å². The van der Waals surface area contributed by atoms with E-state index in [1.807, 2.05) is 26.8 Å². The number of carbonyl (C=O) groups excluding carboxylic acids is 3. The van der Waals surface area contributed by atoms with Crippen LogP contribution < -0.4 is 16.4 Å². The third-order valence-electron chi connectivity index (χ3n) is 4.89. The fraction of sp³-hybridized carbons (Fsp3) is 0.526. The molecule has 4 unspecified atom stereocenters. The molecule has 3 rings (SSSR count). The zero-order valence-electron chi connectivity index (χ0n) is 15.4. The molecule has 1 aromatic carbocycles. The van der Waals surface area contributed by atoms with Gasteiger partial charge in [-0.15, -0.1) is 0 Å². The van der Waals surface area contributed by atoms with Gasteiger partial charge in [-0.05, 0) is 24.0 Å². The lowest BCUT2D eigenvalue weighted by atomic mass is 9.86. The van der Waals surface area contributed by atoms with E-state index in [2.05, 4.69) is 10.6 Å². The van der Waals surface area contributed by atoms with E-state index in [9.17, 15) is 14.4 Å². The molecule has 26 heavy (non-hydrogen) atoms. The topological polar surface area (TPSA) is 105 Å². The molecule has 0 spiro atoms. The highest BCUT2D eigenvalue weighted by Gasteiger charge is 2.51. The van der Waals surface area contributed by atoms with Crippen LogP contribution in [-0.2, 0) is 9.59 Å². The van der Waals surface area contributed by atoms with Crippen molar-refractivity contribution in [3.05, 3.63) is 35.9 Å². The van der Waals surface area contributed by atoms with Gasteiger partial charge in [0.25, 0.3) is 5.91 Å². The summed E-state index contributed by atoms with van der Waals surface area (Å²) in [6.07, 6.45) is 0.553. The van der Waals surface area contributed by atoms with E-state index in [1.165, 1.54) is 4.90 Å². The minimum absolute atomic E-state index is 0.0940. The molecule has 3 amide bonds. The van der Waals surface area contributed by atoms with Gasteiger partial charge in [0.15, 0.2) is 0 Å². The molecule has 0 bridgehead atoms. The van der Waals surface area contributed by atoms with Gasteiger partial charge in [0, 0.05) is 12.1 Å². The second kappa shape index (κ2) is 6.72. The molecular weight excluding hydrogens is 332 g/mol. The van der Waals surface area contributed by atoms with Crippen LogP contribution in [-0.4, -0.2) is 53.3 Å². The predicted molar refractivity (Wildman–Crippen MR) is 97.2 cm³/mol. The summed E-state index contributed by atoms with van der Waals surface area (Å²) in [4.78, 5) is 39.3. The van der Waals surface area contributed by atoms with Gasteiger partial charge in [0.2, 0.25) is 11.8 Å². The van der Waals surface area contributed by atoms with Crippen molar-refractivity contribution in [1.82, 2.24) is 15.5 Å². The van der Waals surface area contributed by atoms with Gasteiger partial charge >= 0.3 is 0 Å². The summed E-state index contributed by atoms with van der Waals surface area (Å²) in [6.45, 7) is 6.32. The first-order valence-electron chi connectivity index (χ1n) is 8.90. The highest BCUT2D eigenvalue weighted by atomic mass is 16.2. The molecule has 2 aliphatic heterocycles. The molecule has 7 heteroatoms. The maximum Gasteiger partial charge on any atom is 0.251 e. The fourth-order valence-corrected chi connectivity index (χ4v) is 3.67. The zero-order chi connectivity index (χ0) is 19.1. The summed E-state index contributed by atoms with van der Waals surface area (Å²) in [7, 11) is 0. The molecule has 0 saturated carbocycles. The van der Waals surface area contributed by atoms with Gasteiger partial charge in [-0.25, -0.2) is 0 Å². The van der Waals surface area contributed by atoms with E-state index in [4.69, 9.17) is 5.73 Å². The molecule has 4 N–H and O–H groups in total. The van der Waals surface area contributed by atoms with Gasteiger partial charge in [-0.1, -0.05) is 39.0 Å². The first kappa shape index (κ1) is 18.4. The van der Waals surface area contributed by atoms with Crippen LogP contribution >= 0.6 is 0 Å². The number of hydrogen-bond donors (Lipinski definition) is 3. The molecule has 7 nitrogen and oxygen atoms in total. The largest absolute Gasteiger partial charge is 0.346 e. The highest BCUT2D eigenvalue weighted by Crippen LogP contribution is 2.28. The molecule has 0 aromatic heterocycles. The van der Waals surface area contributed by atoms with Gasteiger partial charge < -0.3 is 21.3 Å².